The second kappa shape index (κ2) is 2.25. The molecule has 0 atom stereocenters. The summed E-state index contributed by atoms with van der Waals surface area (Å²) in [6.07, 6.45) is 4.68. The van der Waals surface area contributed by atoms with Gasteiger partial charge in [0.2, 0.25) is 0 Å². The normalized spacial score (nSPS) is 26.2. The van der Waals surface area contributed by atoms with E-state index in [0.717, 1.165) is 12.8 Å². The van der Waals surface area contributed by atoms with Crippen LogP contribution in [0.5, 0.6) is 0 Å². The molecule has 0 heterocycles. The maximum absolute atomic E-state index is 5.80. The third-order valence-electron chi connectivity index (χ3n) is 1.68. The van der Waals surface area contributed by atoms with Crippen molar-refractivity contribution in [2.45, 2.75) is 30.6 Å². The first-order valence-corrected chi connectivity index (χ1v) is 3.82. The smallest absolute Gasteiger partial charge is 0.0763 e. The minimum absolute atomic E-state index is 0.0694. The van der Waals surface area contributed by atoms with E-state index in [2.05, 4.69) is 0 Å². The fourth-order valence-corrected chi connectivity index (χ4v) is 1.62. The van der Waals surface area contributed by atoms with Crippen LogP contribution in [-0.2, 0) is 0 Å². The molecule has 0 radical (unpaired) electrons. The first-order valence-electron chi connectivity index (χ1n) is 2.94. The van der Waals surface area contributed by atoms with Crippen molar-refractivity contribution in [1.82, 2.24) is 0 Å². The maximum Gasteiger partial charge on any atom is 0.0763 e. The molecule has 0 aromatic heterocycles. The molecule has 1 aliphatic rings. The molecule has 3 heteroatoms. The standard InChI is InChI=1S/C5H12N2S/c6-5(8-7)3-1-2-4-5/h1-4,6-7H2. The quantitative estimate of drug-likeness (QED) is 0.410. The van der Waals surface area contributed by atoms with Gasteiger partial charge in [-0.3, -0.25) is 5.14 Å². The van der Waals surface area contributed by atoms with Crippen molar-refractivity contribution >= 4 is 11.9 Å². The van der Waals surface area contributed by atoms with Crippen LogP contribution >= 0.6 is 11.9 Å². The summed E-state index contributed by atoms with van der Waals surface area (Å²) in [4.78, 5) is -0.0694. The van der Waals surface area contributed by atoms with Gasteiger partial charge in [-0.2, -0.15) is 0 Å². The van der Waals surface area contributed by atoms with E-state index in [0.29, 0.717) is 0 Å². The Labute approximate surface area is 54.1 Å². The maximum atomic E-state index is 5.80. The average molecular weight is 132 g/mol. The van der Waals surface area contributed by atoms with Gasteiger partial charge in [0.05, 0.1) is 4.87 Å². The molecule has 2 nitrogen and oxygen atoms in total. The molecule has 0 aromatic carbocycles. The second-order valence-corrected chi connectivity index (χ2v) is 3.44. The van der Waals surface area contributed by atoms with E-state index in [1.165, 1.54) is 24.8 Å². The van der Waals surface area contributed by atoms with Gasteiger partial charge in [-0.15, -0.1) is 0 Å². The van der Waals surface area contributed by atoms with Crippen LogP contribution in [0.2, 0.25) is 0 Å². The molecule has 0 saturated heterocycles. The first-order chi connectivity index (χ1) is 3.77. The molecule has 0 amide bonds. The van der Waals surface area contributed by atoms with Gasteiger partial charge < -0.3 is 5.73 Å². The average Bonchev–Trinajstić information content (AvgIpc) is 2.17. The SMILES string of the molecule is NSC1(N)CCCC1. The summed E-state index contributed by atoms with van der Waals surface area (Å²) in [5.41, 5.74) is 5.80. The van der Waals surface area contributed by atoms with Crippen molar-refractivity contribution in [2.24, 2.45) is 10.9 Å². The zero-order valence-electron chi connectivity index (χ0n) is 4.89. The predicted molar refractivity (Wildman–Crippen MR) is 37.2 cm³/mol. The van der Waals surface area contributed by atoms with E-state index in [1.807, 2.05) is 0 Å². The van der Waals surface area contributed by atoms with Gasteiger partial charge in [0.1, 0.15) is 0 Å². The highest BCUT2D eigenvalue weighted by atomic mass is 32.2. The third kappa shape index (κ3) is 1.16. The fourth-order valence-electron chi connectivity index (χ4n) is 1.09. The number of nitrogens with two attached hydrogens (primary N) is 2. The predicted octanol–water partition coefficient (Wildman–Crippen LogP) is 0.822. The second-order valence-electron chi connectivity index (χ2n) is 2.39. The monoisotopic (exact) mass is 132 g/mol. The molecule has 1 rings (SSSR count). The van der Waals surface area contributed by atoms with Gasteiger partial charge >= 0.3 is 0 Å². The van der Waals surface area contributed by atoms with Gasteiger partial charge in [0.25, 0.3) is 0 Å². The molecule has 0 aromatic rings. The first kappa shape index (κ1) is 6.39. The van der Waals surface area contributed by atoms with Crippen LogP contribution in [0.4, 0.5) is 0 Å². The minimum atomic E-state index is -0.0694. The van der Waals surface area contributed by atoms with Gasteiger partial charge in [0.15, 0.2) is 0 Å². The van der Waals surface area contributed by atoms with Crippen LogP contribution in [0.1, 0.15) is 25.7 Å². The molecule has 0 aliphatic heterocycles. The lowest BCUT2D eigenvalue weighted by Crippen LogP contribution is -2.33. The summed E-state index contributed by atoms with van der Waals surface area (Å²) in [6, 6.07) is 0. The Morgan fingerprint density at radius 2 is 1.75 bits per heavy atom. The highest BCUT2D eigenvalue weighted by Gasteiger charge is 2.28. The number of hydrogen-bond acceptors (Lipinski definition) is 3. The Bertz CT molecular complexity index is 78.5. The van der Waals surface area contributed by atoms with E-state index in [4.69, 9.17) is 10.9 Å². The topological polar surface area (TPSA) is 52.0 Å². The Balaban J connectivity index is 2.40. The van der Waals surface area contributed by atoms with Crippen molar-refractivity contribution in [2.75, 3.05) is 0 Å². The molecule has 1 aliphatic carbocycles. The molecular formula is C5H12N2S. The highest BCUT2D eigenvalue weighted by Crippen LogP contribution is 2.33. The van der Waals surface area contributed by atoms with E-state index < -0.39 is 0 Å². The van der Waals surface area contributed by atoms with Crippen molar-refractivity contribution in [3.63, 3.8) is 0 Å². The molecule has 0 unspecified atom stereocenters. The zero-order chi connectivity index (χ0) is 6.04. The lowest BCUT2D eigenvalue weighted by Gasteiger charge is -2.18. The van der Waals surface area contributed by atoms with Crippen LogP contribution in [0.15, 0.2) is 0 Å². The van der Waals surface area contributed by atoms with Gasteiger partial charge in [-0.05, 0) is 12.8 Å². The minimum Gasteiger partial charge on any atom is -0.316 e. The zero-order valence-corrected chi connectivity index (χ0v) is 5.71. The molecule has 0 spiro atoms. The molecule has 1 fully saturated rings. The third-order valence-corrected chi connectivity index (χ3v) is 2.56. The molecule has 0 bridgehead atoms. The van der Waals surface area contributed by atoms with Crippen molar-refractivity contribution in [3.8, 4) is 0 Å². The lowest BCUT2D eigenvalue weighted by atomic mass is 10.3. The molecule has 4 N–H and O–H groups in total. The van der Waals surface area contributed by atoms with Crippen LogP contribution in [0.25, 0.3) is 0 Å². The van der Waals surface area contributed by atoms with Crippen LogP contribution in [0.3, 0.4) is 0 Å². The summed E-state index contributed by atoms with van der Waals surface area (Å²) in [7, 11) is 0. The molecule has 8 heavy (non-hydrogen) atoms. The van der Waals surface area contributed by atoms with Gasteiger partial charge in [0, 0.05) is 0 Å². The summed E-state index contributed by atoms with van der Waals surface area (Å²) >= 11 is 1.31. The summed E-state index contributed by atoms with van der Waals surface area (Å²) < 4.78 is 0. The number of hydrogen-bond donors (Lipinski definition) is 2. The van der Waals surface area contributed by atoms with Crippen LogP contribution < -0.4 is 10.9 Å². The Morgan fingerprint density at radius 3 is 2.00 bits per heavy atom. The van der Waals surface area contributed by atoms with Crippen LogP contribution in [0, 0.1) is 0 Å². The summed E-state index contributed by atoms with van der Waals surface area (Å²) in [5, 5.41) is 5.36. The van der Waals surface area contributed by atoms with Crippen molar-refractivity contribution in [3.05, 3.63) is 0 Å². The Morgan fingerprint density at radius 1 is 1.25 bits per heavy atom. The summed E-state index contributed by atoms with van der Waals surface area (Å²) in [6.45, 7) is 0. The van der Waals surface area contributed by atoms with E-state index in [1.54, 1.807) is 0 Å². The highest BCUT2D eigenvalue weighted by molar-refractivity contribution is 7.98. The van der Waals surface area contributed by atoms with E-state index in [-0.39, 0.29) is 4.87 Å². The van der Waals surface area contributed by atoms with Crippen molar-refractivity contribution < 1.29 is 0 Å². The van der Waals surface area contributed by atoms with E-state index in [9.17, 15) is 0 Å². The van der Waals surface area contributed by atoms with Crippen LogP contribution in [-0.4, -0.2) is 4.87 Å². The summed E-state index contributed by atoms with van der Waals surface area (Å²) in [5.74, 6) is 0. The molecule has 48 valence electrons. The van der Waals surface area contributed by atoms with Gasteiger partial charge in [-0.1, -0.05) is 24.8 Å². The molecular weight excluding hydrogens is 120 g/mol. The Hall–Kier alpha value is 0.270. The largest absolute Gasteiger partial charge is 0.316 e. The Kier molecular flexibility index (Phi) is 1.80. The lowest BCUT2D eigenvalue weighted by molar-refractivity contribution is 0.639. The fraction of sp³-hybridized carbons (Fsp3) is 1.00. The van der Waals surface area contributed by atoms with Crippen molar-refractivity contribution in [1.29, 1.82) is 0 Å². The number of rotatable bonds is 1. The molecule has 1 saturated carbocycles. The van der Waals surface area contributed by atoms with Gasteiger partial charge in [-0.25, -0.2) is 0 Å². The van der Waals surface area contributed by atoms with E-state index >= 15 is 0 Å².